The molecular weight excluding hydrogens is 644 g/mol. The van der Waals surface area contributed by atoms with Crippen molar-refractivity contribution >= 4 is 41.4 Å². The van der Waals surface area contributed by atoms with Crippen LogP contribution in [0.25, 0.3) is 0 Å². The Kier molecular flexibility index (Phi) is 14.1. The molecule has 0 radical (unpaired) electrons. The monoisotopic (exact) mass is 696 g/mol. The number of ether oxygens (including phenoxy) is 2. The van der Waals surface area contributed by atoms with Crippen LogP contribution in [0.2, 0.25) is 0 Å². The summed E-state index contributed by atoms with van der Waals surface area (Å²) in [4.78, 5) is 68.8. The highest BCUT2D eigenvalue weighted by Crippen LogP contribution is 2.40. The molecular formula is C37H52N4O7S. The highest BCUT2D eigenvalue weighted by atomic mass is 32.2. The lowest BCUT2D eigenvalue weighted by atomic mass is 9.96. The second-order valence-electron chi connectivity index (χ2n) is 14.0. The zero-order valence-electron chi connectivity index (χ0n) is 30.0. The first-order valence-corrected chi connectivity index (χ1v) is 17.8. The van der Waals surface area contributed by atoms with Crippen LogP contribution in [0.3, 0.4) is 0 Å². The second kappa shape index (κ2) is 17.6. The molecule has 3 rings (SSSR count). The summed E-state index contributed by atoms with van der Waals surface area (Å²) < 4.78 is 11.2. The Bertz CT molecular complexity index is 1450. The van der Waals surface area contributed by atoms with Gasteiger partial charge in [-0.1, -0.05) is 55.5 Å². The van der Waals surface area contributed by atoms with Gasteiger partial charge in [0.2, 0.25) is 17.9 Å². The van der Waals surface area contributed by atoms with Gasteiger partial charge in [-0.2, -0.15) is 0 Å². The standard InChI is InChI=1S/C37H52N4O7S/c1-9-20-38-28(42)18-19-30(44)48-32(35(46)41-23-49-37(7,8)33(41)34(45)40-36(4,5)6)27(21-26-16-11-10-12-17-26)39-29(43)22-47-31-24(2)14-13-15-25(31)3/h10-17,27,32-33H,9,18-23H2,1-8H3,(H,38,42)(H,39,43)(H,40,45)/t27-,32-,33+/m0/s1. The summed E-state index contributed by atoms with van der Waals surface area (Å²) in [6.07, 6.45) is -1.01. The quantitative estimate of drug-likeness (QED) is 0.235. The Morgan fingerprint density at radius 3 is 2.22 bits per heavy atom. The molecule has 1 aliphatic rings. The van der Waals surface area contributed by atoms with E-state index in [9.17, 15) is 24.0 Å². The van der Waals surface area contributed by atoms with Crippen LogP contribution in [0.5, 0.6) is 5.75 Å². The van der Waals surface area contributed by atoms with Crippen molar-refractivity contribution in [1.82, 2.24) is 20.9 Å². The van der Waals surface area contributed by atoms with E-state index in [2.05, 4.69) is 16.0 Å². The van der Waals surface area contributed by atoms with E-state index in [4.69, 9.17) is 9.47 Å². The minimum absolute atomic E-state index is 0.123. The third kappa shape index (κ3) is 11.8. The van der Waals surface area contributed by atoms with Crippen LogP contribution in [0.15, 0.2) is 48.5 Å². The number of esters is 1. The van der Waals surface area contributed by atoms with Crippen molar-refractivity contribution in [3.8, 4) is 5.75 Å². The first-order chi connectivity index (χ1) is 23.0. The molecule has 0 bridgehead atoms. The van der Waals surface area contributed by atoms with E-state index in [0.717, 1.165) is 23.1 Å². The van der Waals surface area contributed by atoms with Gasteiger partial charge in [-0.25, -0.2) is 0 Å². The van der Waals surface area contributed by atoms with Crippen LogP contribution in [-0.2, 0) is 35.1 Å². The molecule has 1 saturated heterocycles. The summed E-state index contributed by atoms with van der Waals surface area (Å²) >= 11 is 1.44. The van der Waals surface area contributed by atoms with Crippen LogP contribution in [0.4, 0.5) is 0 Å². The predicted octanol–water partition coefficient (Wildman–Crippen LogP) is 4.22. The molecule has 268 valence electrons. The maximum absolute atomic E-state index is 14.6. The fourth-order valence-corrected chi connectivity index (χ4v) is 6.74. The first-order valence-electron chi connectivity index (χ1n) is 16.8. The average Bonchev–Trinajstić information content (AvgIpc) is 3.35. The fourth-order valence-electron chi connectivity index (χ4n) is 5.60. The van der Waals surface area contributed by atoms with Gasteiger partial charge in [0.1, 0.15) is 11.8 Å². The summed E-state index contributed by atoms with van der Waals surface area (Å²) in [5.74, 6) is -1.80. The number of nitrogens with zero attached hydrogens (tertiary/aromatic N) is 1. The molecule has 1 fully saturated rings. The van der Waals surface area contributed by atoms with Gasteiger partial charge in [-0.15, -0.1) is 11.8 Å². The van der Waals surface area contributed by atoms with E-state index in [1.165, 1.54) is 16.7 Å². The van der Waals surface area contributed by atoms with Crippen molar-refractivity contribution in [2.45, 2.75) is 110 Å². The van der Waals surface area contributed by atoms with Gasteiger partial charge in [0.15, 0.2) is 6.61 Å². The van der Waals surface area contributed by atoms with Crippen LogP contribution in [-0.4, -0.2) is 82.0 Å². The largest absolute Gasteiger partial charge is 0.483 e. The number of rotatable bonds is 15. The second-order valence-corrected chi connectivity index (χ2v) is 15.6. The smallest absolute Gasteiger partial charge is 0.307 e. The van der Waals surface area contributed by atoms with E-state index >= 15 is 0 Å². The normalized spacial score (nSPS) is 16.7. The Morgan fingerprint density at radius 2 is 1.61 bits per heavy atom. The molecule has 2 aromatic rings. The molecule has 49 heavy (non-hydrogen) atoms. The van der Waals surface area contributed by atoms with E-state index in [1.807, 2.05) is 104 Å². The van der Waals surface area contributed by atoms with Gasteiger partial charge in [0.25, 0.3) is 11.8 Å². The minimum Gasteiger partial charge on any atom is -0.483 e. The van der Waals surface area contributed by atoms with Gasteiger partial charge in [0.05, 0.1) is 18.3 Å². The molecule has 12 heteroatoms. The number of hydrogen-bond acceptors (Lipinski definition) is 8. The molecule has 0 saturated carbocycles. The summed E-state index contributed by atoms with van der Waals surface area (Å²) in [6.45, 7) is 15.2. The molecule has 0 aliphatic carbocycles. The van der Waals surface area contributed by atoms with Crippen LogP contribution in [0.1, 0.15) is 77.5 Å². The fraction of sp³-hybridized carbons (Fsp3) is 0.541. The molecule has 1 aliphatic heterocycles. The number of aryl methyl sites for hydroxylation is 2. The molecule has 3 N–H and O–H groups in total. The van der Waals surface area contributed by atoms with E-state index in [-0.39, 0.29) is 43.6 Å². The minimum atomic E-state index is -1.50. The molecule has 2 aromatic carbocycles. The number of thioether (sulfide) groups is 1. The number of benzene rings is 2. The molecule has 11 nitrogen and oxygen atoms in total. The van der Waals surface area contributed by atoms with Crippen LogP contribution < -0.4 is 20.7 Å². The molecule has 0 spiro atoms. The van der Waals surface area contributed by atoms with Crippen LogP contribution in [0, 0.1) is 13.8 Å². The van der Waals surface area contributed by atoms with Gasteiger partial charge in [-0.05, 0) is 78.0 Å². The van der Waals surface area contributed by atoms with E-state index < -0.39 is 46.3 Å². The molecule has 0 aromatic heterocycles. The Hall–Kier alpha value is -4.06. The predicted molar refractivity (Wildman–Crippen MR) is 191 cm³/mol. The third-order valence-corrected chi connectivity index (χ3v) is 9.35. The number of nitrogens with one attached hydrogen (secondary N) is 3. The van der Waals surface area contributed by atoms with Crippen molar-refractivity contribution in [3.63, 3.8) is 0 Å². The van der Waals surface area contributed by atoms with Crippen molar-refractivity contribution in [2.75, 3.05) is 19.0 Å². The number of para-hydroxylation sites is 1. The zero-order chi connectivity index (χ0) is 36.4. The lowest BCUT2D eigenvalue weighted by Crippen LogP contribution is -2.61. The number of amides is 4. The highest BCUT2D eigenvalue weighted by molar-refractivity contribution is 8.00. The van der Waals surface area contributed by atoms with E-state index in [0.29, 0.717) is 12.3 Å². The third-order valence-electron chi connectivity index (χ3n) is 7.97. The Morgan fingerprint density at radius 1 is 0.959 bits per heavy atom. The van der Waals surface area contributed by atoms with Crippen molar-refractivity contribution in [2.24, 2.45) is 0 Å². The Labute approximate surface area is 294 Å². The van der Waals surface area contributed by atoms with E-state index in [1.54, 1.807) is 0 Å². The summed E-state index contributed by atoms with van der Waals surface area (Å²) in [6, 6.07) is 13.0. The average molecular weight is 697 g/mol. The molecule has 4 amide bonds. The summed E-state index contributed by atoms with van der Waals surface area (Å²) in [5, 5.41) is 8.63. The number of hydrogen-bond donors (Lipinski definition) is 3. The van der Waals surface area contributed by atoms with Gasteiger partial charge < -0.3 is 30.3 Å². The molecule has 3 atom stereocenters. The molecule has 1 heterocycles. The van der Waals surface area contributed by atoms with Crippen molar-refractivity contribution < 1.29 is 33.4 Å². The maximum Gasteiger partial charge on any atom is 0.307 e. The SMILES string of the molecule is CCCNC(=O)CCC(=O)O[C@H](C(=O)N1CSC(C)(C)[C@H]1C(=O)NC(C)(C)C)[C@H](Cc1ccccc1)NC(=O)COc1c(C)cccc1C. The zero-order valence-corrected chi connectivity index (χ0v) is 30.8. The lowest BCUT2D eigenvalue weighted by Gasteiger charge is -2.36. The molecule has 0 unspecified atom stereocenters. The maximum atomic E-state index is 14.6. The first kappa shape index (κ1) is 39.4. The van der Waals surface area contributed by atoms with Gasteiger partial charge >= 0.3 is 5.97 Å². The number of carbonyl (C=O) groups excluding carboxylic acids is 5. The Balaban J connectivity index is 1.97. The van der Waals surface area contributed by atoms with Gasteiger partial charge in [-0.3, -0.25) is 24.0 Å². The lowest BCUT2D eigenvalue weighted by molar-refractivity contribution is -0.164. The number of carbonyl (C=O) groups is 5. The van der Waals surface area contributed by atoms with Crippen LogP contribution >= 0.6 is 11.8 Å². The topological polar surface area (TPSA) is 143 Å². The highest BCUT2D eigenvalue weighted by Gasteiger charge is 2.51. The van der Waals surface area contributed by atoms with Crippen molar-refractivity contribution in [3.05, 3.63) is 65.2 Å². The van der Waals surface area contributed by atoms with Gasteiger partial charge in [0, 0.05) is 23.3 Å². The summed E-state index contributed by atoms with van der Waals surface area (Å²) in [7, 11) is 0. The summed E-state index contributed by atoms with van der Waals surface area (Å²) in [5.41, 5.74) is 1.97. The van der Waals surface area contributed by atoms with Crippen molar-refractivity contribution in [1.29, 1.82) is 0 Å².